The first-order chi connectivity index (χ1) is 9.49. The van der Waals surface area contributed by atoms with Gasteiger partial charge >= 0.3 is 0 Å². The molecule has 2 rings (SSSR count). The Bertz CT molecular complexity index is 683. The van der Waals surface area contributed by atoms with Crippen LogP contribution in [0.5, 0.6) is 5.75 Å². The summed E-state index contributed by atoms with van der Waals surface area (Å²) < 4.78 is 0. The number of hydrogen-bond acceptors (Lipinski definition) is 4. The lowest BCUT2D eigenvalue weighted by molar-refractivity contribution is 0.0995. The Labute approximate surface area is 115 Å². The van der Waals surface area contributed by atoms with Gasteiger partial charge in [-0.25, -0.2) is 0 Å². The molecule has 1 heterocycles. The van der Waals surface area contributed by atoms with E-state index < -0.39 is 11.8 Å². The molecule has 0 atom stereocenters. The third-order valence-electron chi connectivity index (χ3n) is 2.83. The summed E-state index contributed by atoms with van der Waals surface area (Å²) in [6, 6.07) is 6.18. The number of nitrogens with one attached hydrogen (secondary N) is 1. The summed E-state index contributed by atoms with van der Waals surface area (Å²) >= 11 is 0. The highest BCUT2D eigenvalue weighted by Crippen LogP contribution is 2.20. The van der Waals surface area contributed by atoms with Gasteiger partial charge in [0.2, 0.25) is 5.91 Å². The number of anilines is 1. The Hall–Kier alpha value is -2.89. The van der Waals surface area contributed by atoms with Crippen molar-refractivity contribution in [3.8, 4) is 5.75 Å². The van der Waals surface area contributed by atoms with E-state index in [0.29, 0.717) is 16.8 Å². The van der Waals surface area contributed by atoms with E-state index in [9.17, 15) is 14.7 Å². The number of hydrogen-bond donors (Lipinski definition) is 3. The maximum atomic E-state index is 12.0. The molecule has 1 aromatic carbocycles. The fourth-order valence-corrected chi connectivity index (χ4v) is 1.78. The highest BCUT2D eigenvalue weighted by atomic mass is 16.3. The van der Waals surface area contributed by atoms with Crippen molar-refractivity contribution >= 4 is 17.5 Å². The molecule has 0 fully saturated rings. The molecular formula is C14H13N3O3. The molecule has 0 unspecified atom stereocenters. The van der Waals surface area contributed by atoms with Gasteiger partial charge in [-0.1, -0.05) is 6.07 Å². The van der Waals surface area contributed by atoms with Gasteiger partial charge < -0.3 is 16.2 Å². The molecule has 102 valence electrons. The topological polar surface area (TPSA) is 105 Å². The number of benzene rings is 1. The number of primary amides is 1. The molecule has 4 N–H and O–H groups in total. The lowest BCUT2D eigenvalue weighted by atomic mass is 10.1. The predicted molar refractivity (Wildman–Crippen MR) is 73.6 cm³/mol. The summed E-state index contributed by atoms with van der Waals surface area (Å²) in [6.07, 6.45) is 2.57. The molecule has 2 aromatic rings. The van der Waals surface area contributed by atoms with Gasteiger partial charge in [-0.2, -0.15) is 0 Å². The van der Waals surface area contributed by atoms with Crippen LogP contribution >= 0.6 is 0 Å². The Morgan fingerprint density at radius 3 is 2.70 bits per heavy atom. The van der Waals surface area contributed by atoms with E-state index >= 15 is 0 Å². The van der Waals surface area contributed by atoms with E-state index in [0.717, 1.165) is 0 Å². The number of nitrogens with two attached hydrogens (primary N) is 1. The van der Waals surface area contributed by atoms with Crippen LogP contribution in [0.1, 0.15) is 26.3 Å². The highest BCUT2D eigenvalue weighted by molar-refractivity contribution is 6.05. The van der Waals surface area contributed by atoms with Crippen molar-refractivity contribution < 1.29 is 14.7 Å². The summed E-state index contributed by atoms with van der Waals surface area (Å²) in [5.74, 6) is -1.09. The molecular weight excluding hydrogens is 258 g/mol. The first-order valence-electron chi connectivity index (χ1n) is 5.84. The summed E-state index contributed by atoms with van der Waals surface area (Å²) in [5.41, 5.74) is 6.88. The number of carbonyl (C=O) groups is 2. The molecule has 0 saturated carbocycles. The van der Waals surface area contributed by atoms with Crippen molar-refractivity contribution in [3.05, 3.63) is 53.3 Å². The fraction of sp³-hybridized carbons (Fsp3) is 0.0714. The lowest BCUT2D eigenvalue weighted by Crippen LogP contribution is -2.16. The second-order valence-electron chi connectivity index (χ2n) is 4.23. The van der Waals surface area contributed by atoms with Crippen molar-refractivity contribution in [2.24, 2.45) is 5.73 Å². The van der Waals surface area contributed by atoms with Gasteiger partial charge in [0.1, 0.15) is 5.75 Å². The third kappa shape index (κ3) is 2.74. The van der Waals surface area contributed by atoms with Crippen molar-refractivity contribution in [3.63, 3.8) is 0 Å². The minimum Gasteiger partial charge on any atom is -0.506 e. The van der Waals surface area contributed by atoms with Gasteiger partial charge in [-0.3, -0.25) is 14.6 Å². The molecule has 0 aliphatic rings. The summed E-state index contributed by atoms with van der Waals surface area (Å²) in [7, 11) is 0. The number of aromatic nitrogens is 1. The molecule has 6 nitrogen and oxygen atoms in total. The van der Waals surface area contributed by atoms with Crippen molar-refractivity contribution in [2.75, 3.05) is 5.32 Å². The van der Waals surface area contributed by atoms with E-state index in [1.807, 2.05) is 0 Å². The van der Waals surface area contributed by atoms with E-state index in [1.54, 1.807) is 25.1 Å². The molecule has 0 spiro atoms. The van der Waals surface area contributed by atoms with Crippen LogP contribution in [0, 0.1) is 6.92 Å². The van der Waals surface area contributed by atoms with E-state index in [-0.39, 0.29) is 11.3 Å². The Morgan fingerprint density at radius 1 is 1.30 bits per heavy atom. The molecule has 1 aromatic heterocycles. The van der Waals surface area contributed by atoms with Gasteiger partial charge in [-0.15, -0.1) is 0 Å². The zero-order valence-corrected chi connectivity index (χ0v) is 10.8. The summed E-state index contributed by atoms with van der Waals surface area (Å²) in [5, 5.41) is 11.9. The number of pyridine rings is 1. The molecule has 2 amide bonds. The van der Waals surface area contributed by atoms with Crippen LogP contribution in [-0.2, 0) is 0 Å². The Morgan fingerprint density at radius 2 is 2.05 bits per heavy atom. The quantitative estimate of drug-likeness (QED) is 0.785. The number of carbonyl (C=O) groups excluding carboxylic acids is 2. The Balaban J connectivity index is 2.29. The van der Waals surface area contributed by atoms with Crippen LogP contribution in [0.15, 0.2) is 36.7 Å². The molecule has 0 bridgehead atoms. The summed E-state index contributed by atoms with van der Waals surface area (Å²) in [6.45, 7) is 1.69. The highest BCUT2D eigenvalue weighted by Gasteiger charge is 2.12. The molecule has 0 aliphatic carbocycles. The number of amides is 2. The van der Waals surface area contributed by atoms with E-state index in [1.165, 1.54) is 18.5 Å². The maximum absolute atomic E-state index is 12.0. The van der Waals surface area contributed by atoms with E-state index in [4.69, 9.17) is 5.73 Å². The fourth-order valence-electron chi connectivity index (χ4n) is 1.78. The van der Waals surface area contributed by atoms with Crippen molar-refractivity contribution in [1.29, 1.82) is 0 Å². The van der Waals surface area contributed by atoms with Gasteiger partial charge in [-0.05, 0) is 30.7 Å². The molecule has 0 aliphatic heterocycles. The van der Waals surface area contributed by atoms with Crippen LogP contribution in [0.3, 0.4) is 0 Å². The summed E-state index contributed by atoms with van der Waals surface area (Å²) in [4.78, 5) is 27.0. The maximum Gasteiger partial charge on any atom is 0.257 e. The van der Waals surface area contributed by atoms with Crippen LogP contribution in [0.25, 0.3) is 0 Å². The smallest absolute Gasteiger partial charge is 0.257 e. The monoisotopic (exact) mass is 271 g/mol. The average molecular weight is 271 g/mol. The zero-order chi connectivity index (χ0) is 14.7. The van der Waals surface area contributed by atoms with Crippen LogP contribution in [-0.4, -0.2) is 21.9 Å². The molecule has 0 radical (unpaired) electrons. The first kappa shape index (κ1) is 13.5. The first-order valence-corrected chi connectivity index (χ1v) is 5.84. The largest absolute Gasteiger partial charge is 0.506 e. The SMILES string of the molecule is Cc1c(NC(=O)c2cncc(O)c2)cccc1C(N)=O. The van der Waals surface area contributed by atoms with Crippen LogP contribution in [0.4, 0.5) is 5.69 Å². The second kappa shape index (κ2) is 5.40. The minimum atomic E-state index is -0.558. The van der Waals surface area contributed by atoms with Crippen LogP contribution in [0.2, 0.25) is 0 Å². The zero-order valence-electron chi connectivity index (χ0n) is 10.8. The second-order valence-corrected chi connectivity index (χ2v) is 4.23. The number of rotatable bonds is 3. The Kier molecular flexibility index (Phi) is 3.65. The predicted octanol–water partition coefficient (Wildman–Crippen LogP) is 1.45. The van der Waals surface area contributed by atoms with Crippen LogP contribution < -0.4 is 11.1 Å². The standard InChI is InChI=1S/C14H13N3O3/c1-8-11(13(15)19)3-2-4-12(8)17-14(20)9-5-10(18)7-16-6-9/h2-7,18H,1H3,(H2,15,19)(H,17,20). The van der Waals surface area contributed by atoms with Gasteiger partial charge in [0.15, 0.2) is 0 Å². The minimum absolute atomic E-state index is 0.0970. The molecule has 0 saturated heterocycles. The number of nitrogens with zero attached hydrogens (tertiary/aromatic N) is 1. The molecule has 6 heteroatoms. The molecule has 20 heavy (non-hydrogen) atoms. The third-order valence-corrected chi connectivity index (χ3v) is 2.83. The van der Waals surface area contributed by atoms with Gasteiger partial charge in [0.05, 0.1) is 11.8 Å². The van der Waals surface area contributed by atoms with Gasteiger partial charge in [0, 0.05) is 17.4 Å². The average Bonchev–Trinajstić information content (AvgIpc) is 2.40. The van der Waals surface area contributed by atoms with E-state index in [2.05, 4.69) is 10.3 Å². The van der Waals surface area contributed by atoms with Crippen molar-refractivity contribution in [2.45, 2.75) is 6.92 Å². The number of aromatic hydroxyl groups is 1. The van der Waals surface area contributed by atoms with Gasteiger partial charge in [0.25, 0.3) is 5.91 Å². The lowest BCUT2D eigenvalue weighted by Gasteiger charge is -2.10. The normalized spacial score (nSPS) is 10.1. The van der Waals surface area contributed by atoms with Crippen molar-refractivity contribution in [1.82, 2.24) is 4.98 Å².